The van der Waals surface area contributed by atoms with Gasteiger partial charge in [-0.3, -0.25) is 19.7 Å². The van der Waals surface area contributed by atoms with Gasteiger partial charge in [-0.2, -0.15) is 0 Å². The number of rotatable bonds is 7. The van der Waals surface area contributed by atoms with Crippen LogP contribution in [0.15, 0.2) is 18.2 Å². The molecule has 8 heteroatoms. The molecule has 0 bridgehead atoms. The van der Waals surface area contributed by atoms with E-state index in [1.54, 1.807) is 6.92 Å². The van der Waals surface area contributed by atoms with Gasteiger partial charge in [-0.05, 0) is 25.5 Å². The number of aliphatic carboxylic acids is 1. The second kappa shape index (κ2) is 6.69. The van der Waals surface area contributed by atoms with Crippen LogP contribution in [-0.2, 0) is 4.79 Å². The Labute approximate surface area is 121 Å². The van der Waals surface area contributed by atoms with Crippen molar-refractivity contribution in [2.24, 2.45) is 5.73 Å². The van der Waals surface area contributed by atoms with Crippen molar-refractivity contribution in [3.05, 3.63) is 33.9 Å². The molecule has 1 rings (SSSR count). The molecule has 0 aliphatic heterocycles. The molecule has 3 N–H and O–H groups in total. The Balaban J connectivity index is 3.39. The predicted octanol–water partition coefficient (Wildman–Crippen LogP) is 1.38. The molecule has 1 aromatic carbocycles. The molecule has 1 amide bonds. The van der Waals surface area contributed by atoms with Crippen LogP contribution in [0.4, 0.5) is 11.4 Å². The lowest BCUT2D eigenvalue weighted by atomic mass is 10.1. The van der Waals surface area contributed by atoms with Crippen LogP contribution in [0.3, 0.4) is 0 Å². The minimum atomic E-state index is -1.09. The van der Waals surface area contributed by atoms with E-state index in [2.05, 4.69) is 0 Å². The number of nitro benzene ring substituents is 1. The molecule has 0 aliphatic carbocycles. The van der Waals surface area contributed by atoms with Crippen LogP contribution in [-0.4, -0.2) is 34.5 Å². The van der Waals surface area contributed by atoms with Crippen LogP contribution in [0.5, 0.6) is 0 Å². The highest BCUT2D eigenvalue weighted by Gasteiger charge is 2.25. The number of primary amides is 1. The minimum absolute atomic E-state index is 0.00452. The lowest BCUT2D eigenvalue weighted by Crippen LogP contribution is -2.37. The normalized spacial score (nSPS) is 11.7. The third-order valence-corrected chi connectivity index (χ3v) is 3.19. The zero-order chi connectivity index (χ0) is 16.2. The van der Waals surface area contributed by atoms with E-state index in [0.29, 0.717) is 6.42 Å². The van der Waals surface area contributed by atoms with Crippen LogP contribution in [0.2, 0.25) is 0 Å². The summed E-state index contributed by atoms with van der Waals surface area (Å²) in [5, 5.41) is 20.2. The van der Waals surface area contributed by atoms with Gasteiger partial charge in [0, 0.05) is 17.7 Å². The number of hydrogen-bond donors (Lipinski definition) is 2. The van der Waals surface area contributed by atoms with E-state index >= 15 is 0 Å². The highest BCUT2D eigenvalue weighted by Crippen LogP contribution is 2.31. The number of carbonyl (C=O) groups excluding carboxylic acids is 1. The summed E-state index contributed by atoms with van der Waals surface area (Å²) in [4.78, 5) is 34.0. The first-order valence-electron chi connectivity index (χ1n) is 6.34. The van der Waals surface area contributed by atoms with Gasteiger partial charge in [-0.25, -0.2) is 0 Å². The summed E-state index contributed by atoms with van der Waals surface area (Å²) in [7, 11) is 0. The molecule has 1 aromatic rings. The van der Waals surface area contributed by atoms with E-state index < -0.39 is 16.8 Å². The molecule has 21 heavy (non-hydrogen) atoms. The topological polar surface area (TPSA) is 127 Å². The van der Waals surface area contributed by atoms with Crippen molar-refractivity contribution in [2.45, 2.75) is 26.3 Å². The Hall–Kier alpha value is -2.64. The largest absolute Gasteiger partial charge is 0.480 e. The summed E-state index contributed by atoms with van der Waals surface area (Å²) < 4.78 is 0. The Morgan fingerprint density at radius 2 is 2.10 bits per heavy atom. The standard InChI is InChI=1S/C13H17N3O5/c1-3-8(2)15(7-12(17)18)10-5-4-9(13(14)19)6-11(10)16(20)21/h4-6,8H,3,7H2,1-2H3,(H2,14,19)(H,17,18). The number of carbonyl (C=O) groups is 2. The van der Waals surface area contributed by atoms with Gasteiger partial charge >= 0.3 is 5.97 Å². The van der Waals surface area contributed by atoms with Crippen molar-refractivity contribution in [3.8, 4) is 0 Å². The van der Waals surface area contributed by atoms with Crippen molar-refractivity contribution < 1.29 is 19.6 Å². The van der Waals surface area contributed by atoms with E-state index in [9.17, 15) is 19.7 Å². The number of nitrogens with two attached hydrogens (primary N) is 1. The fourth-order valence-corrected chi connectivity index (χ4v) is 1.91. The SMILES string of the molecule is CCC(C)N(CC(=O)O)c1ccc(C(N)=O)cc1[N+](=O)[O-]. The average molecular weight is 295 g/mol. The molecule has 8 nitrogen and oxygen atoms in total. The first kappa shape index (κ1) is 16.4. The van der Waals surface area contributed by atoms with Gasteiger partial charge in [0.05, 0.1) is 4.92 Å². The molecule has 0 aliphatic rings. The number of carboxylic acids is 1. The van der Waals surface area contributed by atoms with Crippen LogP contribution in [0.25, 0.3) is 0 Å². The number of hydrogen-bond acceptors (Lipinski definition) is 5. The molecule has 1 unspecified atom stereocenters. The van der Waals surface area contributed by atoms with E-state index in [4.69, 9.17) is 10.8 Å². The highest BCUT2D eigenvalue weighted by molar-refractivity contribution is 5.94. The molecule has 0 spiro atoms. The van der Waals surface area contributed by atoms with Crippen molar-refractivity contribution in [2.75, 3.05) is 11.4 Å². The smallest absolute Gasteiger partial charge is 0.323 e. The maximum Gasteiger partial charge on any atom is 0.323 e. The lowest BCUT2D eigenvalue weighted by Gasteiger charge is -2.28. The summed E-state index contributed by atoms with van der Waals surface area (Å²) in [6.07, 6.45) is 0.613. The molecule has 0 saturated carbocycles. The fourth-order valence-electron chi connectivity index (χ4n) is 1.91. The summed E-state index contributed by atoms with van der Waals surface area (Å²) >= 11 is 0. The zero-order valence-corrected chi connectivity index (χ0v) is 11.8. The number of nitrogens with zero attached hydrogens (tertiary/aromatic N) is 2. The Kier molecular flexibility index (Phi) is 5.23. The van der Waals surface area contributed by atoms with E-state index in [-0.39, 0.29) is 29.5 Å². The highest BCUT2D eigenvalue weighted by atomic mass is 16.6. The van der Waals surface area contributed by atoms with Gasteiger partial charge in [-0.1, -0.05) is 6.92 Å². The van der Waals surface area contributed by atoms with Crippen LogP contribution in [0.1, 0.15) is 30.6 Å². The van der Waals surface area contributed by atoms with Gasteiger partial charge in [0.1, 0.15) is 12.2 Å². The number of benzene rings is 1. The third-order valence-electron chi connectivity index (χ3n) is 3.19. The monoisotopic (exact) mass is 295 g/mol. The first-order valence-corrected chi connectivity index (χ1v) is 6.34. The van der Waals surface area contributed by atoms with Crippen molar-refractivity contribution in [1.82, 2.24) is 0 Å². The van der Waals surface area contributed by atoms with Crippen molar-refractivity contribution in [1.29, 1.82) is 0 Å². The Morgan fingerprint density at radius 1 is 1.48 bits per heavy atom. The predicted molar refractivity (Wildman–Crippen MR) is 76.3 cm³/mol. The second-order valence-electron chi connectivity index (χ2n) is 4.60. The number of anilines is 1. The second-order valence-corrected chi connectivity index (χ2v) is 4.60. The third kappa shape index (κ3) is 3.91. The van der Waals surface area contributed by atoms with Crippen LogP contribution >= 0.6 is 0 Å². The summed E-state index contributed by atoms with van der Waals surface area (Å²) in [6, 6.07) is 3.56. The Morgan fingerprint density at radius 3 is 2.52 bits per heavy atom. The number of amides is 1. The molecule has 0 heterocycles. The average Bonchev–Trinajstić information content (AvgIpc) is 2.42. The number of nitro groups is 1. The van der Waals surface area contributed by atoms with E-state index in [0.717, 1.165) is 6.07 Å². The molecule has 0 radical (unpaired) electrons. The molecule has 0 saturated heterocycles. The van der Waals surface area contributed by atoms with Crippen LogP contribution in [0, 0.1) is 10.1 Å². The zero-order valence-electron chi connectivity index (χ0n) is 11.8. The van der Waals surface area contributed by atoms with E-state index in [1.807, 2.05) is 6.92 Å². The first-order chi connectivity index (χ1) is 9.77. The quantitative estimate of drug-likeness (QED) is 0.578. The minimum Gasteiger partial charge on any atom is -0.480 e. The summed E-state index contributed by atoms with van der Waals surface area (Å²) in [5.41, 5.74) is 4.93. The molecule has 0 aromatic heterocycles. The van der Waals surface area contributed by atoms with Crippen molar-refractivity contribution >= 4 is 23.3 Å². The molecular weight excluding hydrogens is 278 g/mol. The van der Waals surface area contributed by atoms with Gasteiger partial charge < -0.3 is 15.7 Å². The number of carboxylic acid groups (broad SMARTS) is 1. The molecule has 1 atom stereocenters. The van der Waals surface area contributed by atoms with Crippen molar-refractivity contribution in [3.63, 3.8) is 0 Å². The summed E-state index contributed by atoms with van der Waals surface area (Å²) in [6.45, 7) is 3.25. The molecule has 114 valence electrons. The summed E-state index contributed by atoms with van der Waals surface area (Å²) in [5.74, 6) is -1.87. The van der Waals surface area contributed by atoms with Gasteiger partial charge in [0.15, 0.2) is 0 Å². The fraction of sp³-hybridized carbons (Fsp3) is 0.385. The van der Waals surface area contributed by atoms with Gasteiger partial charge in [0.2, 0.25) is 5.91 Å². The van der Waals surface area contributed by atoms with Gasteiger partial charge in [-0.15, -0.1) is 0 Å². The maximum atomic E-state index is 11.2. The van der Waals surface area contributed by atoms with Gasteiger partial charge in [0.25, 0.3) is 5.69 Å². The maximum absolute atomic E-state index is 11.2. The van der Waals surface area contributed by atoms with Crippen LogP contribution < -0.4 is 10.6 Å². The lowest BCUT2D eigenvalue weighted by molar-refractivity contribution is -0.384. The van der Waals surface area contributed by atoms with E-state index in [1.165, 1.54) is 17.0 Å². The Bertz CT molecular complexity index is 573. The molecular formula is C13H17N3O5. The molecule has 0 fully saturated rings.